The van der Waals surface area contributed by atoms with Crippen molar-refractivity contribution in [3.05, 3.63) is 0 Å². The summed E-state index contributed by atoms with van der Waals surface area (Å²) in [6.07, 6.45) is 1.89. The Hall–Kier alpha value is -0.630. The lowest BCUT2D eigenvalue weighted by Gasteiger charge is -2.31. The van der Waals surface area contributed by atoms with Gasteiger partial charge >= 0.3 is 6.19 Å². The average molecular weight is 156 g/mol. The summed E-state index contributed by atoms with van der Waals surface area (Å²) >= 11 is 0. The van der Waals surface area contributed by atoms with Gasteiger partial charge in [-0.25, -0.2) is 5.21 Å². The lowest BCUT2D eigenvalue weighted by molar-refractivity contribution is -1.05. The fraction of sp³-hybridized carbons (Fsp3) is 0.857. The zero-order chi connectivity index (χ0) is 8.32. The molecule has 62 valence electrons. The zero-order valence-corrected chi connectivity index (χ0v) is 6.82. The third kappa shape index (κ3) is 1.90. The van der Waals surface area contributed by atoms with Crippen molar-refractivity contribution in [2.24, 2.45) is 0 Å². The van der Waals surface area contributed by atoms with Crippen molar-refractivity contribution in [1.82, 2.24) is 4.90 Å². The maximum atomic E-state index is 9.44. The van der Waals surface area contributed by atoms with Gasteiger partial charge in [-0.3, -0.25) is 4.90 Å². The molecule has 0 aromatic rings. The van der Waals surface area contributed by atoms with Gasteiger partial charge in [-0.2, -0.15) is 0 Å². The fourth-order valence-electron chi connectivity index (χ4n) is 1.25. The van der Waals surface area contributed by atoms with E-state index in [1.807, 2.05) is 6.19 Å². The van der Waals surface area contributed by atoms with Crippen molar-refractivity contribution in [3.8, 4) is 6.19 Å². The summed E-state index contributed by atoms with van der Waals surface area (Å²) in [6.45, 7) is 5.80. The highest BCUT2D eigenvalue weighted by Gasteiger charge is 2.31. The number of rotatable bonds is 1. The highest BCUT2D eigenvalue weighted by atomic mass is 16.5. The first-order valence-electron chi connectivity index (χ1n) is 3.94. The van der Waals surface area contributed by atoms with E-state index in [1.165, 1.54) is 0 Å². The molecule has 1 aliphatic rings. The van der Waals surface area contributed by atoms with Crippen molar-refractivity contribution in [2.75, 3.05) is 32.7 Å². The molecular formula is C7H14N3O+. The van der Waals surface area contributed by atoms with Gasteiger partial charge in [0.1, 0.15) is 13.1 Å². The van der Waals surface area contributed by atoms with E-state index in [1.54, 1.807) is 0 Å². The molecule has 0 saturated carbocycles. The molecule has 1 fully saturated rings. The minimum atomic E-state index is -0.420. The molecule has 1 heterocycles. The molecule has 1 saturated heterocycles. The molecule has 1 rings (SSSR count). The van der Waals surface area contributed by atoms with Crippen LogP contribution in [0.3, 0.4) is 0 Å². The Morgan fingerprint density at radius 2 is 2.09 bits per heavy atom. The summed E-state index contributed by atoms with van der Waals surface area (Å²) in [6, 6.07) is 0. The Kier molecular flexibility index (Phi) is 2.45. The molecule has 0 unspecified atom stereocenters. The number of piperazine rings is 1. The summed E-state index contributed by atoms with van der Waals surface area (Å²) in [5, 5.41) is 18.0. The molecule has 0 spiro atoms. The van der Waals surface area contributed by atoms with Gasteiger partial charge in [0, 0.05) is 0 Å². The van der Waals surface area contributed by atoms with Crippen LogP contribution in [0.2, 0.25) is 0 Å². The first kappa shape index (κ1) is 8.47. The molecule has 0 radical (unpaired) electrons. The second-order valence-electron chi connectivity index (χ2n) is 2.90. The van der Waals surface area contributed by atoms with Crippen LogP contribution in [0.1, 0.15) is 6.92 Å². The van der Waals surface area contributed by atoms with Gasteiger partial charge in [0.05, 0.1) is 13.1 Å². The minimum absolute atomic E-state index is 0.420. The van der Waals surface area contributed by atoms with Crippen LogP contribution in [0.5, 0.6) is 0 Å². The van der Waals surface area contributed by atoms with E-state index in [9.17, 15) is 5.21 Å². The summed E-state index contributed by atoms with van der Waals surface area (Å²) < 4.78 is -0.420. The standard InChI is InChI=1S/C7H14N3O/c1-2-9-3-5-10(11,7-8)6-4-9/h11H,2-6H2,1H3/q+1. The van der Waals surface area contributed by atoms with Gasteiger partial charge in [0.25, 0.3) is 0 Å². The van der Waals surface area contributed by atoms with Crippen LogP contribution >= 0.6 is 0 Å². The van der Waals surface area contributed by atoms with E-state index in [-0.39, 0.29) is 0 Å². The molecule has 0 bridgehead atoms. The van der Waals surface area contributed by atoms with Crippen LogP contribution in [0.4, 0.5) is 0 Å². The van der Waals surface area contributed by atoms with Crippen LogP contribution < -0.4 is 0 Å². The summed E-state index contributed by atoms with van der Waals surface area (Å²) in [5.41, 5.74) is 0. The Morgan fingerprint density at radius 1 is 1.55 bits per heavy atom. The number of nitrogens with zero attached hydrogens (tertiary/aromatic N) is 3. The normalized spacial score (nSPS) is 24.5. The molecule has 0 amide bonds. The third-order valence-corrected chi connectivity index (χ3v) is 2.21. The molecular weight excluding hydrogens is 142 g/mol. The van der Waals surface area contributed by atoms with E-state index >= 15 is 0 Å². The maximum absolute atomic E-state index is 9.44. The number of nitriles is 1. The van der Waals surface area contributed by atoms with Gasteiger partial charge < -0.3 is 0 Å². The maximum Gasteiger partial charge on any atom is 0.344 e. The molecule has 4 nitrogen and oxygen atoms in total. The predicted octanol–water partition coefficient (Wildman–Crippen LogP) is 0.00898. The first-order valence-corrected chi connectivity index (χ1v) is 3.94. The van der Waals surface area contributed by atoms with E-state index in [0.717, 1.165) is 19.6 Å². The molecule has 1 aliphatic heterocycles. The molecule has 0 atom stereocenters. The van der Waals surface area contributed by atoms with E-state index in [4.69, 9.17) is 5.26 Å². The van der Waals surface area contributed by atoms with Gasteiger partial charge in [-0.1, -0.05) is 11.6 Å². The SMILES string of the molecule is CCN1CC[N+](O)(C#N)CC1. The fourth-order valence-corrected chi connectivity index (χ4v) is 1.25. The Morgan fingerprint density at radius 3 is 2.45 bits per heavy atom. The smallest absolute Gasteiger partial charge is 0.292 e. The second kappa shape index (κ2) is 3.18. The number of quaternary nitrogens is 1. The quantitative estimate of drug-likeness (QED) is 0.429. The van der Waals surface area contributed by atoms with Crippen molar-refractivity contribution >= 4 is 0 Å². The monoisotopic (exact) mass is 156 g/mol. The van der Waals surface area contributed by atoms with Gasteiger partial charge in [0.2, 0.25) is 0 Å². The van der Waals surface area contributed by atoms with E-state index in [0.29, 0.717) is 13.1 Å². The average Bonchev–Trinajstić information content (AvgIpc) is 2.06. The Labute approximate surface area is 66.8 Å². The minimum Gasteiger partial charge on any atom is -0.292 e. The van der Waals surface area contributed by atoms with Crippen LogP contribution in [-0.2, 0) is 0 Å². The van der Waals surface area contributed by atoms with Crippen LogP contribution in [0.25, 0.3) is 0 Å². The molecule has 0 aliphatic carbocycles. The van der Waals surface area contributed by atoms with Crippen LogP contribution in [0.15, 0.2) is 0 Å². The van der Waals surface area contributed by atoms with Gasteiger partial charge in [-0.15, -0.1) is 5.26 Å². The lowest BCUT2D eigenvalue weighted by atomic mass is 10.3. The molecule has 0 aromatic heterocycles. The first-order chi connectivity index (χ1) is 5.20. The predicted molar refractivity (Wildman–Crippen MR) is 39.5 cm³/mol. The highest BCUT2D eigenvalue weighted by Crippen LogP contribution is 2.06. The zero-order valence-electron chi connectivity index (χ0n) is 6.82. The van der Waals surface area contributed by atoms with Gasteiger partial charge in [-0.05, 0) is 6.54 Å². The summed E-state index contributed by atoms with van der Waals surface area (Å²) in [7, 11) is 0. The number of hydrogen-bond donors (Lipinski definition) is 1. The van der Waals surface area contributed by atoms with E-state index in [2.05, 4.69) is 11.8 Å². The number of likely N-dealkylation sites (N-methyl/N-ethyl adjacent to an activating group) is 1. The third-order valence-electron chi connectivity index (χ3n) is 2.21. The van der Waals surface area contributed by atoms with Crippen molar-refractivity contribution in [2.45, 2.75) is 6.92 Å². The topological polar surface area (TPSA) is 47.3 Å². The molecule has 1 N–H and O–H groups in total. The molecule has 0 aromatic carbocycles. The second-order valence-corrected chi connectivity index (χ2v) is 2.90. The van der Waals surface area contributed by atoms with Gasteiger partial charge in [0.15, 0.2) is 0 Å². The summed E-state index contributed by atoms with van der Waals surface area (Å²) in [5.74, 6) is 0. The Bertz CT molecular complexity index is 167. The summed E-state index contributed by atoms with van der Waals surface area (Å²) in [4.78, 5) is 2.23. The highest BCUT2D eigenvalue weighted by molar-refractivity contribution is 4.64. The molecule has 4 heteroatoms. The van der Waals surface area contributed by atoms with Crippen molar-refractivity contribution in [3.63, 3.8) is 0 Å². The lowest BCUT2D eigenvalue weighted by Crippen LogP contribution is -2.54. The van der Waals surface area contributed by atoms with Crippen LogP contribution in [0, 0.1) is 11.5 Å². The number of hydrogen-bond acceptors (Lipinski definition) is 3. The number of hydroxylamine groups is 3. The Balaban J connectivity index is 2.43. The van der Waals surface area contributed by atoms with E-state index < -0.39 is 4.65 Å². The molecule has 11 heavy (non-hydrogen) atoms. The largest absolute Gasteiger partial charge is 0.344 e. The van der Waals surface area contributed by atoms with Crippen molar-refractivity contribution in [1.29, 1.82) is 5.26 Å². The van der Waals surface area contributed by atoms with Crippen LogP contribution in [-0.4, -0.2) is 47.5 Å². The van der Waals surface area contributed by atoms with Crippen molar-refractivity contribution < 1.29 is 9.85 Å².